The van der Waals surface area contributed by atoms with Crippen molar-refractivity contribution in [3.63, 3.8) is 0 Å². The highest BCUT2D eigenvalue weighted by Crippen LogP contribution is 2.33. The Morgan fingerprint density at radius 3 is 2.20 bits per heavy atom. The van der Waals surface area contributed by atoms with Crippen LogP contribution in [-0.4, -0.2) is 54.1 Å². The summed E-state index contributed by atoms with van der Waals surface area (Å²) < 4.78 is 21.5. The van der Waals surface area contributed by atoms with Crippen molar-refractivity contribution >= 4 is 5.96 Å². The number of rotatable bonds is 11. The molecule has 0 radical (unpaired) electrons. The first-order valence-electron chi connectivity index (χ1n) is 8.51. The monoisotopic (exact) mass is 353 g/mol. The third-order valence-corrected chi connectivity index (χ3v) is 3.69. The summed E-state index contributed by atoms with van der Waals surface area (Å²) in [6.07, 6.45) is 2.05. The van der Waals surface area contributed by atoms with Crippen molar-refractivity contribution in [1.82, 2.24) is 10.6 Å². The molecule has 0 unspecified atom stereocenters. The molecule has 2 N–H and O–H groups in total. The second kappa shape index (κ2) is 12.2. The summed E-state index contributed by atoms with van der Waals surface area (Å²) in [4.78, 5) is 4.24. The van der Waals surface area contributed by atoms with Gasteiger partial charge in [0.2, 0.25) is 0 Å². The molecule has 142 valence electrons. The molecule has 25 heavy (non-hydrogen) atoms. The largest absolute Gasteiger partial charge is 0.496 e. The van der Waals surface area contributed by atoms with Crippen molar-refractivity contribution in [1.29, 1.82) is 0 Å². The molecule has 0 aliphatic rings. The molecule has 7 heteroatoms. The normalized spacial score (nSPS) is 11.2. The van der Waals surface area contributed by atoms with E-state index in [-0.39, 0.29) is 0 Å². The van der Waals surface area contributed by atoms with E-state index in [1.54, 1.807) is 28.4 Å². The van der Waals surface area contributed by atoms with Gasteiger partial charge in [0.15, 0.2) is 5.96 Å². The quantitative estimate of drug-likeness (QED) is 0.361. The fourth-order valence-corrected chi connectivity index (χ4v) is 2.33. The average Bonchev–Trinajstić information content (AvgIpc) is 2.66. The molecule has 0 aliphatic carbocycles. The zero-order valence-electron chi connectivity index (χ0n) is 16.0. The first-order valence-corrected chi connectivity index (χ1v) is 8.51. The van der Waals surface area contributed by atoms with Gasteiger partial charge in [-0.05, 0) is 19.8 Å². The molecule has 1 aromatic carbocycles. The summed E-state index contributed by atoms with van der Waals surface area (Å²) in [5.74, 6) is 2.83. The maximum absolute atomic E-state index is 5.46. The Bertz CT molecular complexity index is 510. The van der Waals surface area contributed by atoms with E-state index < -0.39 is 0 Å². The van der Waals surface area contributed by atoms with Crippen LogP contribution in [0.3, 0.4) is 0 Å². The van der Waals surface area contributed by atoms with Crippen LogP contribution in [0.5, 0.6) is 17.2 Å². The van der Waals surface area contributed by atoms with Crippen LogP contribution in [0.2, 0.25) is 0 Å². The predicted octanol–water partition coefficient (Wildman–Crippen LogP) is 2.19. The summed E-state index contributed by atoms with van der Waals surface area (Å²) in [5, 5.41) is 6.57. The van der Waals surface area contributed by atoms with Crippen LogP contribution in [0.25, 0.3) is 0 Å². The Kier molecular flexibility index (Phi) is 10.2. The average molecular weight is 353 g/mol. The van der Waals surface area contributed by atoms with Gasteiger partial charge in [-0.2, -0.15) is 0 Å². The molecule has 0 amide bonds. The van der Waals surface area contributed by atoms with Gasteiger partial charge in [0, 0.05) is 38.9 Å². The molecular weight excluding hydrogens is 322 g/mol. The number of nitrogens with one attached hydrogen (secondary N) is 2. The van der Waals surface area contributed by atoms with E-state index in [1.165, 1.54) is 0 Å². The third kappa shape index (κ3) is 7.09. The van der Waals surface area contributed by atoms with Crippen molar-refractivity contribution in [3.05, 3.63) is 17.7 Å². The molecule has 0 aliphatic heterocycles. The van der Waals surface area contributed by atoms with E-state index in [9.17, 15) is 0 Å². The molecule has 0 aromatic heterocycles. The summed E-state index contributed by atoms with van der Waals surface area (Å²) in [6.45, 7) is 4.93. The first kappa shape index (κ1) is 20.9. The number of hydrogen-bond acceptors (Lipinski definition) is 5. The summed E-state index contributed by atoms with van der Waals surface area (Å²) in [5.41, 5.74) is 0.907. The second-order valence-corrected chi connectivity index (χ2v) is 5.27. The summed E-state index contributed by atoms with van der Waals surface area (Å²) >= 11 is 0. The lowest BCUT2D eigenvalue weighted by Crippen LogP contribution is -2.37. The highest BCUT2D eigenvalue weighted by molar-refractivity contribution is 5.79. The summed E-state index contributed by atoms with van der Waals surface area (Å²) in [6, 6.07) is 3.67. The lowest BCUT2D eigenvalue weighted by molar-refractivity contribution is 0.143. The van der Waals surface area contributed by atoms with E-state index in [4.69, 9.17) is 18.9 Å². The number of unbranched alkanes of at least 4 members (excludes halogenated alkanes) is 1. The van der Waals surface area contributed by atoms with Crippen LogP contribution < -0.4 is 24.8 Å². The van der Waals surface area contributed by atoms with Gasteiger partial charge in [0.05, 0.1) is 33.4 Å². The van der Waals surface area contributed by atoms with Crippen molar-refractivity contribution in [2.45, 2.75) is 26.3 Å². The van der Waals surface area contributed by atoms with Gasteiger partial charge in [-0.15, -0.1) is 0 Å². The second-order valence-electron chi connectivity index (χ2n) is 5.27. The Labute approximate surface area is 150 Å². The van der Waals surface area contributed by atoms with E-state index in [2.05, 4.69) is 15.6 Å². The number of guanidine groups is 1. The minimum absolute atomic E-state index is 0.523. The van der Waals surface area contributed by atoms with Crippen molar-refractivity contribution in [2.24, 2.45) is 4.99 Å². The summed E-state index contributed by atoms with van der Waals surface area (Å²) in [7, 11) is 6.62. The van der Waals surface area contributed by atoms with E-state index in [1.807, 2.05) is 19.1 Å². The fraction of sp³-hybridized carbons (Fsp3) is 0.611. The molecule has 0 saturated carbocycles. The lowest BCUT2D eigenvalue weighted by Gasteiger charge is -2.17. The minimum atomic E-state index is 0.523. The number of hydrogen-bond donors (Lipinski definition) is 2. The molecule has 0 heterocycles. The molecule has 0 bridgehead atoms. The highest BCUT2D eigenvalue weighted by Gasteiger charge is 2.13. The van der Waals surface area contributed by atoms with Gasteiger partial charge < -0.3 is 29.6 Å². The van der Waals surface area contributed by atoms with E-state index in [0.29, 0.717) is 23.8 Å². The Balaban J connectivity index is 2.60. The van der Waals surface area contributed by atoms with Crippen molar-refractivity contribution in [3.8, 4) is 17.2 Å². The fourth-order valence-electron chi connectivity index (χ4n) is 2.33. The van der Waals surface area contributed by atoms with E-state index >= 15 is 0 Å². The van der Waals surface area contributed by atoms with Gasteiger partial charge in [0.1, 0.15) is 17.2 Å². The Morgan fingerprint density at radius 1 is 1.00 bits per heavy atom. The predicted molar refractivity (Wildman–Crippen MR) is 100 cm³/mol. The molecule has 1 aromatic rings. The molecule has 1 rings (SSSR count). The topological polar surface area (TPSA) is 73.3 Å². The number of methoxy groups -OCH3 is 3. The third-order valence-electron chi connectivity index (χ3n) is 3.69. The SMILES string of the molecule is CCOCCCCNC(=NC)NCc1c(OC)cc(OC)cc1OC. The van der Waals surface area contributed by atoms with Crippen LogP contribution in [0, 0.1) is 0 Å². The molecule has 0 fully saturated rings. The number of benzene rings is 1. The zero-order chi connectivity index (χ0) is 18.5. The molecular formula is C18H31N3O4. The minimum Gasteiger partial charge on any atom is -0.496 e. The zero-order valence-corrected chi connectivity index (χ0v) is 16.0. The van der Waals surface area contributed by atoms with Gasteiger partial charge in [0.25, 0.3) is 0 Å². The maximum Gasteiger partial charge on any atom is 0.191 e. The van der Waals surface area contributed by atoms with Gasteiger partial charge in [-0.1, -0.05) is 0 Å². The number of nitrogens with zero attached hydrogens (tertiary/aromatic N) is 1. The maximum atomic E-state index is 5.46. The standard InChI is InChI=1S/C18H31N3O4/c1-6-25-10-8-7-9-20-18(19-2)21-13-15-16(23-4)11-14(22-3)12-17(15)24-5/h11-12H,6-10,13H2,1-5H3,(H2,19,20,21). The Morgan fingerprint density at radius 2 is 1.68 bits per heavy atom. The highest BCUT2D eigenvalue weighted by atomic mass is 16.5. The Hall–Kier alpha value is -2.15. The smallest absolute Gasteiger partial charge is 0.191 e. The molecule has 0 atom stereocenters. The molecule has 7 nitrogen and oxygen atoms in total. The molecule has 0 saturated heterocycles. The number of ether oxygens (including phenoxy) is 4. The van der Waals surface area contributed by atoms with Crippen molar-refractivity contribution < 1.29 is 18.9 Å². The van der Waals surface area contributed by atoms with Crippen molar-refractivity contribution in [2.75, 3.05) is 48.1 Å². The number of aliphatic imine (C=N–C) groups is 1. The van der Waals surface area contributed by atoms with Gasteiger partial charge in [-0.3, -0.25) is 4.99 Å². The van der Waals surface area contributed by atoms with Crippen LogP contribution in [0.4, 0.5) is 0 Å². The molecule has 0 spiro atoms. The van der Waals surface area contributed by atoms with Crippen LogP contribution in [0.1, 0.15) is 25.3 Å². The van der Waals surface area contributed by atoms with Crippen LogP contribution in [-0.2, 0) is 11.3 Å². The first-order chi connectivity index (χ1) is 12.2. The lowest BCUT2D eigenvalue weighted by atomic mass is 10.1. The van der Waals surface area contributed by atoms with Gasteiger partial charge in [-0.25, -0.2) is 0 Å². The van der Waals surface area contributed by atoms with Crippen LogP contribution in [0.15, 0.2) is 17.1 Å². The van der Waals surface area contributed by atoms with Crippen LogP contribution >= 0.6 is 0 Å². The van der Waals surface area contributed by atoms with E-state index in [0.717, 1.165) is 44.1 Å². The van der Waals surface area contributed by atoms with Gasteiger partial charge >= 0.3 is 0 Å².